The molecule has 0 aliphatic rings. The summed E-state index contributed by atoms with van der Waals surface area (Å²) in [4.78, 5) is 18.6. The highest BCUT2D eigenvalue weighted by Crippen LogP contribution is 2.27. The molecule has 0 fully saturated rings. The maximum Gasteiger partial charge on any atom is 0.260 e. The van der Waals surface area contributed by atoms with Gasteiger partial charge in [-0.1, -0.05) is 23.0 Å². The van der Waals surface area contributed by atoms with Crippen LogP contribution in [0.3, 0.4) is 0 Å². The third-order valence-corrected chi connectivity index (χ3v) is 3.82. The largest absolute Gasteiger partial charge is 0.493 e. The van der Waals surface area contributed by atoms with E-state index in [1.54, 1.807) is 14.2 Å². The summed E-state index contributed by atoms with van der Waals surface area (Å²) < 4.78 is 10.5. The van der Waals surface area contributed by atoms with Crippen LogP contribution in [-0.4, -0.2) is 48.4 Å². The molecule has 1 N–H and O–H groups in total. The van der Waals surface area contributed by atoms with Crippen LogP contribution in [0.25, 0.3) is 11.0 Å². The number of methoxy groups -OCH3 is 2. The summed E-state index contributed by atoms with van der Waals surface area (Å²) in [6, 6.07) is 13.0. The van der Waals surface area contributed by atoms with Gasteiger partial charge in [-0.15, -0.1) is 5.10 Å². The molecule has 0 bridgehead atoms. The van der Waals surface area contributed by atoms with Crippen LogP contribution in [0.1, 0.15) is 5.56 Å². The number of carbonyl (C=O) groups excluding carboxylic acids is 1. The van der Waals surface area contributed by atoms with Crippen LogP contribution >= 0.6 is 0 Å². The number of hydrogen-bond acceptors (Lipinski definition) is 6. The molecule has 8 heteroatoms. The third kappa shape index (κ3) is 4.02. The van der Waals surface area contributed by atoms with Gasteiger partial charge in [0.1, 0.15) is 11.0 Å². The molecular formula is C18H20N4O4. The second-order valence-electron chi connectivity index (χ2n) is 5.51. The highest BCUT2D eigenvalue weighted by molar-refractivity contribution is 5.77. The van der Waals surface area contributed by atoms with Gasteiger partial charge < -0.3 is 19.6 Å². The fraction of sp³-hybridized carbons (Fsp3) is 0.278. The van der Waals surface area contributed by atoms with Crippen LogP contribution in [0.4, 0.5) is 0 Å². The topological polar surface area (TPSA) is 87.5 Å². The molecule has 0 unspecified atom stereocenters. The van der Waals surface area contributed by atoms with E-state index in [9.17, 15) is 4.79 Å². The summed E-state index contributed by atoms with van der Waals surface area (Å²) in [7, 11) is 3.19. The first-order chi connectivity index (χ1) is 12.7. The monoisotopic (exact) mass is 356 g/mol. The van der Waals surface area contributed by atoms with Crippen molar-refractivity contribution in [2.75, 3.05) is 27.4 Å². The summed E-state index contributed by atoms with van der Waals surface area (Å²) in [5.74, 6) is 1.11. The van der Waals surface area contributed by atoms with Crippen molar-refractivity contribution >= 4 is 16.9 Å². The Morgan fingerprint density at radius 2 is 1.92 bits per heavy atom. The smallest absolute Gasteiger partial charge is 0.260 e. The average Bonchev–Trinajstić information content (AvgIpc) is 3.09. The number of aromatic nitrogens is 3. The van der Waals surface area contributed by atoms with Crippen LogP contribution < -0.4 is 19.6 Å². The molecule has 0 atom stereocenters. The molecule has 8 nitrogen and oxygen atoms in total. The second kappa shape index (κ2) is 8.19. The highest BCUT2D eigenvalue weighted by Gasteiger charge is 2.08. The van der Waals surface area contributed by atoms with Gasteiger partial charge >= 0.3 is 0 Å². The van der Waals surface area contributed by atoms with Crippen molar-refractivity contribution in [1.29, 1.82) is 0 Å². The first kappa shape index (κ1) is 17.5. The van der Waals surface area contributed by atoms with Gasteiger partial charge in [-0.3, -0.25) is 4.79 Å². The van der Waals surface area contributed by atoms with Crippen molar-refractivity contribution in [2.45, 2.75) is 6.42 Å². The summed E-state index contributed by atoms with van der Waals surface area (Å²) in [6.07, 6.45) is 0.665. The molecule has 2 aromatic carbocycles. The molecular weight excluding hydrogens is 336 g/mol. The maximum absolute atomic E-state index is 11.9. The molecule has 1 aromatic heterocycles. The van der Waals surface area contributed by atoms with E-state index in [-0.39, 0.29) is 12.5 Å². The summed E-state index contributed by atoms with van der Waals surface area (Å²) in [6.45, 7) is 0.342. The Morgan fingerprint density at radius 1 is 1.12 bits per heavy atom. The van der Waals surface area contributed by atoms with Crippen LogP contribution in [0.2, 0.25) is 0 Å². The van der Waals surface area contributed by atoms with Crippen molar-refractivity contribution in [1.82, 2.24) is 20.5 Å². The van der Waals surface area contributed by atoms with Crippen LogP contribution in [-0.2, 0) is 11.2 Å². The van der Waals surface area contributed by atoms with Crippen LogP contribution in [0, 0.1) is 0 Å². The van der Waals surface area contributed by atoms with E-state index in [4.69, 9.17) is 14.3 Å². The van der Waals surface area contributed by atoms with Crippen molar-refractivity contribution < 1.29 is 19.1 Å². The number of hydrogen-bond donors (Lipinski definition) is 1. The lowest BCUT2D eigenvalue weighted by atomic mass is 10.1. The summed E-state index contributed by atoms with van der Waals surface area (Å²) in [5, 5.41) is 10.6. The summed E-state index contributed by atoms with van der Waals surface area (Å²) >= 11 is 0. The Bertz CT molecular complexity index is 894. The Labute approximate surface area is 150 Å². The number of amides is 1. The SMILES string of the molecule is COc1ccc(CCNC(=O)COn2nnc3ccccc32)cc1OC. The quantitative estimate of drug-likeness (QED) is 0.653. The lowest BCUT2D eigenvalue weighted by Gasteiger charge is -2.10. The zero-order valence-corrected chi connectivity index (χ0v) is 14.6. The molecule has 0 saturated carbocycles. The molecule has 26 heavy (non-hydrogen) atoms. The standard InChI is InChI=1S/C18H20N4O4/c1-24-16-8-7-13(11-17(16)25-2)9-10-19-18(23)12-26-22-15-6-4-3-5-14(15)20-21-22/h3-8,11H,9-10,12H2,1-2H3,(H,19,23). The molecule has 1 heterocycles. The third-order valence-electron chi connectivity index (χ3n) is 3.82. The molecule has 136 valence electrons. The number of carbonyl (C=O) groups is 1. The molecule has 3 aromatic rings. The van der Waals surface area contributed by atoms with Crippen molar-refractivity contribution in [3.63, 3.8) is 0 Å². The predicted octanol–water partition coefficient (Wildman–Crippen LogP) is 1.24. The summed E-state index contributed by atoms with van der Waals surface area (Å²) in [5.41, 5.74) is 2.46. The maximum atomic E-state index is 11.9. The van der Waals surface area contributed by atoms with E-state index in [1.807, 2.05) is 42.5 Å². The lowest BCUT2D eigenvalue weighted by Crippen LogP contribution is -2.33. The first-order valence-electron chi connectivity index (χ1n) is 8.12. The fourth-order valence-electron chi connectivity index (χ4n) is 2.50. The van der Waals surface area contributed by atoms with E-state index in [2.05, 4.69) is 15.6 Å². The minimum atomic E-state index is -0.231. The minimum Gasteiger partial charge on any atom is -0.493 e. The second-order valence-corrected chi connectivity index (χ2v) is 5.51. The van der Waals surface area contributed by atoms with Gasteiger partial charge in [0.05, 0.1) is 14.2 Å². The van der Waals surface area contributed by atoms with Gasteiger partial charge in [0.15, 0.2) is 18.1 Å². The lowest BCUT2D eigenvalue weighted by molar-refractivity contribution is -0.126. The van der Waals surface area contributed by atoms with E-state index in [1.165, 1.54) is 4.85 Å². The molecule has 0 saturated heterocycles. The van der Waals surface area contributed by atoms with E-state index in [0.717, 1.165) is 5.56 Å². The van der Waals surface area contributed by atoms with Gasteiger partial charge in [-0.25, -0.2) is 0 Å². The predicted molar refractivity (Wildman–Crippen MR) is 95.2 cm³/mol. The zero-order valence-electron chi connectivity index (χ0n) is 14.6. The number of para-hydroxylation sites is 1. The van der Waals surface area contributed by atoms with Gasteiger partial charge in [0, 0.05) is 6.54 Å². The number of nitrogens with one attached hydrogen (secondary N) is 1. The zero-order chi connectivity index (χ0) is 18.4. The van der Waals surface area contributed by atoms with Crippen molar-refractivity contribution in [3.8, 4) is 11.5 Å². The fourth-order valence-corrected chi connectivity index (χ4v) is 2.50. The van der Waals surface area contributed by atoms with Gasteiger partial charge in [0.25, 0.3) is 5.91 Å². The highest BCUT2D eigenvalue weighted by atomic mass is 16.7. The van der Waals surface area contributed by atoms with E-state index in [0.29, 0.717) is 35.5 Å². The number of rotatable bonds is 8. The normalized spacial score (nSPS) is 10.5. The molecule has 0 aliphatic heterocycles. The van der Waals surface area contributed by atoms with Crippen molar-refractivity contribution in [3.05, 3.63) is 48.0 Å². The first-order valence-corrected chi connectivity index (χ1v) is 8.12. The Balaban J connectivity index is 1.47. The molecule has 0 aliphatic carbocycles. The van der Waals surface area contributed by atoms with Gasteiger partial charge in [-0.05, 0) is 41.5 Å². The molecule has 3 rings (SSSR count). The Morgan fingerprint density at radius 3 is 2.73 bits per heavy atom. The Hall–Kier alpha value is -3.29. The number of nitrogens with zero attached hydrogens (tertiary/aromatic N) is 3. The minimum absolute atomic E-state index is 0.140. The number of fused-ring (bicyclic) bond motifs is 1. The van der Waals surface area contributed by atoms with Crippen LogP contribution in [0.5, 0.6) is 11.5 Å². The van der Waals surface area contributed by atoms with E-state index < -0.39 is 0 Å². The molecule has 0 radical (unpaired) electrons. The Kier molecular flexibility index (Phi) is 5.52. The average molecular weight is 356 g/mol. The number of benzene rings is 2. The van der Waals surface area contributed by atoms with Gasteiger partial charge in [-0.2, -0.15) is 0 Å². The van der Waals surface area contributed by atoms with Gasteiger partial charge in [0.2, 0.25) is 0 Å². The molecule has 1 amide bonds. The molecule has 0 spiro atoms. The number of ether oxygens (including phenoxy) is 2. The van der Waals surface area contributed by atoms with Crippen LogP contribution in [0.15, 0.2) is 42.5 Å². The van der Waals surface area contributed by atoms with E-state index >= 15 is 0 Å². The van der Waals surface area contributed by atoms with Crippen molar-refractivity contribution in [2.24, 2.45) is 0 Å².